The standard InChI is InChI=1S/C43H49F3N4/c1-11-14-26-50-28-36(32(15-12-2)27-37(50)30-17-24-35(25-18-30)43(44,45)46)40-48-38(29(4)16-21-33(13-3)41(5,6)7)47-39(49-40)31-19-22-34(23-20-31)42(8,9)10/h11-16,19-23,27H,3,17,24,26,28H2,1-2,4-10H3/b14-11?,15-12?,29-16+,33-21+. The van der Waals surface area contributed by atoms with Gasteiger partial charge in [0.25, 0.3) is 0 Å². The fourth-order valence-electron chi connectivity index (χ4n) is 5.67. The van der Waals surface area contributed by atoms with Gasteiger partial charge in [-0.1, -0.05) is 126 Å². The fourth-order valence-corrected chi connectivity index (χ4v) is 5.67. The number of hydrogen-bond donors (Lipinski definition) is 0. The van der Waals surface area contributed by atoms with Gasteiger partial charge in [0.15, 0.2) is 17.5 Å². The van der Waals surface area contributed by atoms with Crippen molar-refractivity contribution in [3.63, 3.8) is 0 Å². The monoisotopic (exact) mass is 678 g/mol. The molecule has 0 spiro atoms. The van der Waals surface area contributed by atoms with E-state index in [1.807, 2.05) is 63.3 Å². The number of allylic oxidation sites excluding steroid dienone is 12. The molecule has 1 aromatic heterocycles. The van der Waals surface area contributed by atoms with Crippen LogP contribution in [0.3, 0.4) is 0 Å². The van der Waals surface area contributed by atoms with Crippen molar-refractivity contribution in [2.75, 3.05) is 13.1 Å². The first-order valence-corrected chi connectivity index (χ1v) is 17.1. The highest BCUT2D eigenvalue weighted by Crippen LogP contribution is 2.37. The van der Waals surface area contributed by atoms with Gasteiger partial charge in [0.1, 0.15) is 0 Å². The molecule has 0 unspecified atom stereocenters. The van der Waals surface area contributed by atoms with Gasteiger partial charge in [0.2, 0.25) is 0 Å². The average molecular weight is 679 g/mol. The van der Waals surface area contributed by atoms with Crippen molar-refractivity contribution in [2.24, 2.45) is 5.41 Å². The van der Waals surface area contributed by atoms with Crippen LogP contribution in [0.2, 0.25) is 0 Å². The van der Waals surface area contributed by atoms with Crippen LogP contribution in [0.5, 0.6) is 0 Å². The lowest BCUT2D eigenvalue weighted by molar-refractivity contribution is -0.0938. The normalized spacial score (nSPS) is 16.7. The molecule has 4 rings (SSSR count). The third-order valence-corrected chi connectivity index (χ3v) is 8.74. The lowest BCUT2D eigenvalue weighted by Crippen LogP contribution is -2.30. The zero-order chi connectivity index (χ0) is 36.9. The quantitative estimate of drug-likeness (QED) is 0.150. The minimum Gasteiger partial charge on any atom is -0.363 e. The van der Waals surface area contributed by atoms with E-state index in [4.69, 9.17) is 15.0 Å². The van der Waals surface area contributed by atoms with Crippen LogP contribution in [0.4, 0.5) is 13.2 Å². The van der Waals surface area contributed by atoms with Gasteiger partial charge < -0.3 is 4.90 Å². The van der Waals surface area contributed by atoms with Gasteiger partial charge in [0, 0.05) is 35.5 Å². The SMILES string of the molecule is C=C/C(=C\C=C(/C)c1nc(C2=C(C=CC)C=C(C3=C=C=C(C(F)(F)F)CC3)N(CC=CC)C2)nc(-c2ccc(C(C)(C)C)cc2)n1)C(C)(C)C. The van der Waals surface area contributed by atoms with Crippen molar-refractivity contribution in [3.8, 4) is 11.4 Å². The predicted octanol–water partition coefficient (Wildman–Crippen LogP) is 11.5. The highest BCUT2D eigenvalue weighted by Gasteiger charge is 2.35. The molecule has 50 heavy (non-hydrogen) atoms. The van der Waals surface area contributed by atoms with Gasteiger partial charge >= 0.3 is 6.18 Å². The van der Waals surface area contributed by atoms with Crippen LogP contribution in [-0.4, -0.2) is 39.1 Å². The number of aromatic nitrogens is 3. The van der Waals surface area contributed by atoms with E-state index in [9.17, 15) is 13.2 Å². The minimum atomic E-state index is -4.41. The second-order valence-corrected chi connectivity index (χ2v) is 14.7. The van der Waals surface area contributed by atoms with E-state index < -0.39 is 11.7 Å². The second kappa shape index (κ2) is 15.5. The maximum atomic E-state index is 13.4. The Kier molecular flexibility index (Phi) is 11.8. The van der Waals surface area contributed by atoms with Gasteiger partial charge in [-0.15, -0.1) is 0 Å². The molecular weight excluding hydrogens is 629 g/mol. The third-order valence-electron chi connectivity index (χ3n) is 8.74. The van der Waals surface area contributed by atoms with Gasteiger partial charge in [0.05, 0.1) is 5.57 Å². The summed E-state index contributed by atoms with van der Waals surface area (Å²) >= 11 is 0. The van der Waals surface area contributed by atoms with E-state index in [0.29, 0.717) is 36.1 Å². The fraction of sp³-hybridized carbons (Fsp3) is 0.372. The molecular formula is C43H49F3N4. The van der Waals surface area contributed by atoms with Crippen LogP contribution >= 0.6 is 0 Å². The number of rotatable bonds is 9. The summed E-state index contributed by atoms with van der Waals surface area (Å²) in [5.74, 6) is 1.66. The zero-order valence-corrected chi connectivity index (χ0v) is 30.9. The summed E-state index contributed by atoms with van der Waals surface area (Å²) < 4.78 is 40.2. The summed E-state index contributed by atoms with van der Waals surface area (Å²) in [4.78, 5) is 17.2. The number of hydrogen-bond acceptors (Lipinski definition) is 4. The molecule has 0 amide bonds. The first-order valence-electron chi connectivity index (χ1n) is 17.1. The molecule has 4 nitrogen and oxygen atoms in total. The Morgan fingerprint density at radius 3 is 2.12 bits per heavy atom. The van der Waals surface area contributed by atoms with Crippen LogP contribution in [0.25, 0.3) is 22.5 Å². The van der Waals surface area contributed by atoms with Crippen molar-refractivity contribution in [2.45, 2.75) is 86.7 Å². The summed E-state index contributed by atoms with van der Waals surface area (Å²) in [5.41, 5.74) is 11.8. The Balaban J connectivity index is 1.97. The molecule has 1 aliphatic heterocycles. The minimum absolute atomic E-state index is 0.00265. The van der Waals surface area contributed by atoms with Crippen LogP contribution in [-0.2, 0) is 5.41 Å². The van der Waals surface area contributed by atoms with Gasteiger partial charge in [-0.3, -0.25) is 0 Å². The van der Waals surface area contributed by atoms with Gasteiger partial charge in [-0.05, 0) is 72.8 Å². The number of alkyl halides is 3. The highest BCUT2D eigenvalue weighted by atomic mass is 19.4. The highest BCUT2D eigenvalue weighted by molar-refractivity contribution is 5.76. The molecule has 2 aromatic rings. The second-order valence-electron chi connectivity index (χ2n) is 14.7. The van der Waals surface area contributed by atoms with Crippen LogP contribution in [0.15, 0.2) is 119 Å². The Morgan fingerprint density at radius 1 is 0.900 bits per heavy atom. The van der Waals surface area contributed by atoms with E-state index in [1.54, 1.807) is 0 Å². The number of halogens is 3. The van der Waals surface area contributed by atoms with E-state index in [1.165, 1.54) is 5.56 Å². The zero-order valence-electron chi connectivity index (χ0n) is 30.9. The van der Waals surface area contributed by atoms with E-state index in [0.717, 1.165) is 33.6 Å². The molecule has 2 aliphatic rings. The van der Waals surface area contributed by atoms with E-state index in [-0.39, 0.29) is 23.7 Å². The molecule has 0 saturated carbocycles. The van der Waals surface area contributed by atoms with Crippen molar-refractivity contribution in [1.82, 2.24) is 19.9 Å². The third kappa shape index (κ3) is 9.29. The van der Waals surface area contributed by atoms with Crippen LogP contribution < -0.4 is 0 Å². The molecule has 262 valence electrons. The summed E-state index contributed by atoms with van der Waals surface area (Å²) in [6.07, 6.45) is 11.6. The smallest absolute Gasteiger partial charge is 0.363 e. The summed E-state index contributed by atoms with van der Waals surface area (Å²) in [6.45, 7) is 23.9. The number of benzene rings is 1. The Hall–Kier alpha value is -4.70. The predicted molar refractivity (Wildman–Crippen MR) is 201 cm³/mol. The van der Waals surface area contributed by atoms with Crippen molar-refractivity contribution < 1.29 is 13.2 Å². The van der Waals surface area contributed by atoms with Crippen molar-refractivity contribution >= 4 is 11.1 Å². The molecule has 0 bridgehead atoms. The summed E-state index contributed by atoms with van der Waals surface area (Å²) in [7, 11) is 0. The molecule has 1 aliphatic carbocycles. The molecule has 0 radical (unpaired) electrons. The molecule has 0 atom stereocenters. The number of nitrogens with zero attached hydrogens (tertiary/aromatic N) is 4. The molecule has 7 heteroatoms. The average Bonchev–Trinajstić information content (AvgIpc) is 3.06. The molecule has 2 heterocycles. The van der Waals surface area contributed by atoms with E-state index >= 15 is 0 Å². The molecule has 0 fully saturated rings. The lowest BCUT2D eigenvalue weighted by atomic mass is 9.86. The van der Waals surface area contributed by atoms with Crippen molar-refractivity contribution in [3.05, 3.63) is 136 Å². The Bertz CT molecular complexity index is 1900. The maximum Gasteiger partial charge on any atom is 0.420 e. The van der Waals surface area contributed by atoms with Crippen LogP contribution in [0, 0.1) is 5.41 Å². The van der Waals surface area contributed by atoms with Crippen molar-refractivity contribution in [1.29, 1.82) is 0 Å². The molecule has 0 N–H and O–H groups in total. The van der Waals surface area contributed by atoms with Gasteiger partial charge in [-0.25, -0.2) is 15.0 Å². The summed E-state index contributed by atoms with van der Waals surface area (Å²) in [6, 6.07) is 8.35. The Morgan fingerprint density at radius 2 is 1.58 bits per heavy atom. The maximum absolute atomic E-state index is 13.4. The largest absolute Gasteiger partial charge is 0.420 e. The lowest BCUT2D eigenvalue weighted by Gasteiger charge is -2.33. The summed E-state index contributed by atoms with van der Waals surface area (Å²) in [5, 5.41) is 0. The molecule has 0 saturated heterocycles. The molecule has 1 aromatic carbocycles. The topological polar surface area (TPSA) is 41.9 Å². The van der Waals surface area contributed by atoms with Crippen LogP contribution in [0.1, 0.15) is 92.4 Å². The van der Waals surface area contributed by atoms with Gasteiger partial charge in [-0.2, -0.15) is 13.2 Å². The van der Waals surface area contributed by atoms with E-state index in [2.05, 4.69) is 94.8 Å². The first kappa shape index (κ1) is 38.1. The first-order chi connectivity index (χ1) is 23.5. The Labute approximate surface area is 296 Å².